The average molecular weight is 272 g/mol. The van der Waals surface area contributed by atoms with Crippen LogP contribution in [0.4, 0.5) is 0 Å². The summed E-state index contributed by atoms with van der Waals surface area (Å²) in [5.41, 5.74) is 10.1. The van der Waals surface area contributed by atoms with Crippen LogP contribution in [-0.2, 0) is 20.2 Å². The van der Waals surface area contributed by atoms with Gasteiger partial charge in [-0.3, -0.25) is 9.11 Å². The first-order valence-corrected chi connectivity index (χ1v) is 6.56. The summed E-state index contributed by atoms with van der Waals surface area (Å²) in [7, 11) is -8.91. The predicted molar refractivity (Wildman–Crippen MR) is 55.9 cm³/mol. The van der Waals surface area contributed by atoms with Crippen molar-refractivity contribution in [2.75, 3.05) is 12.3 Å². The fourth-order valence-electron chi connectivity index (χ4n) is 0.868. The Bertz CT molecular complexity index is 378. The molecule has 0 aliphatic carbocycles. The molecular weight excluding hydrogens is 259 g/mol. The van der Waals surface area contributed by atoms with Crippen molar-refractivity contribution in [1.82, 2.24) is 0 Å². The Morgan fingerprint density at radius 2 is 1.53 bits per heavy atom. The molecule has 0 amide bonds. The Morgan fingerprint density at radius 3 is 1.73 bits per heavy atom. The Balaban J connectivity index is 0. The normalized spacial score (nSPS) is 16.5. The van der Waals surface area contributed by atoms with Crippen molar-refractivity contribution in [2.45, 2.75) is 11.3 Å². The summed E-state index contributed by atoms with van der Waals surface area (Å²) in [6, 6.07) is -1.47. The van der Waals surface area contributed by atoms with E-state index in [2.05, 4.69) is 0 Å². The van der Waals surface area contributed by atoms with Gasteiger partial charge in [0.25, 0.3) is 20.2 Å². The molecule has 0 rings (SSSR count). The first kappa shape index (κ1) is 18.1. The Kier molecular flexibility index (Phi) is 7.81. The minimum atomic E-state index is -4.51. The van der Waals surface area contributed by atoms with Crippen LogP contribution in [0.5, 0.6) is 0 Å². The second-order valence-electron chi connectivity index (χ2n) is 2.70. The van der Waals surface area contributed by atoms with E-state index < -0.39 is 43.8 Å². The van der Waals surface area contributed by atoms with E-state index in [0.29, 0.717) is 0 Å². The van der Waals surface area contributed by atoms with Crippen LogP contribution in [-0.4, -0.2) is 79.1 Å². The summed E-state index contributed by atoms with van der Waals surface area (Å²) in [5, 5.41) is -1.61. The van der Waals surface area contributed by atoms with Gasteiger partial charge in [0.2, 0.25) is 0 Å². The molecule has 0 aliphatic heterocycles. The van der Waals surface area contributed by atoms with Crippen molar-refractivity contribution < 1.29 is 25.9 Å². The van der Waals surface area contributed by atoms with Gasteiger partial charge < -0.3 is 11.5 Å². The van der Waals surface area contributed by atoms with E-state index in [1.54, 1.807) is 0 Å². The molecule has 2 atom stereocenters. The van der Waals surface area contributed by atoms with Gasteiger partial charge in [-0.05, 0) is 0 Å². The van der Waals surface area contributed by atoms with Crippen LogP contribution in [0.25, 0.3) is 0 Å². The van der Waals surface area contributed by atoms with Crippen LogP contribution in [0.3, 0.4) is 0 Å². The van der Waals surface area contributed by atoms with E-state index in [4.69, 9.17) is 20.6 Å². The second kappa shape index (κ2) is 6.47. The zero-order valence-corrected chi connectivity index (χ0v) is 8.70. The third-order valence-corrected chi connectivity index (χ3v) is 3.61. The molecule has 0 aliphatic rings. The van der Waals surface area contributed by atoms with Gasteiger partial charge in [0.05, 0.1) is 5.75 Å². The van der Waals surface area contributed by atoms with Crippen LogP contribution in [0.2, 0.25) is 0 Å². The Morgan fingerprint density at radius 1 is 1.13 bits per heavy atom. The van der Waals surface area contributed by atoms with Gasteiger partial charge >= 0.3 is 29.6 Å². The van der Waals surface area contributed by atoms with Gasteiger partial charge in [0.15, 0.2) is 0 Å². The fraction of sp³-hybridized carbons (Fsp3) is 1.00. The van der Waals surface area contributed by atoms with Gasteiger partial charge in [0.1, 0.15) is 5.25 Å². The molecule has 0 saturated heterocycles. The average Bonchev–Trinajstić information content (AvgIpc) is 1.79. The molecule has 0 radical (unpaired) electrons. The summed E-state index contributed by atoms with van der Waals surface area (Å²) < 4.78 is 58.9. The molecule has 0 aromatic heterocycles. The number of hydrogen-bond donors (Lipinski definition) is 4. The Hall–Kier alpha value is 0.740. The first-order chi connectivity index (χ1) is 6.08. The zero-order valence-electron chi connectivity index (χ0n) is 7.07. The van der Waals surface area contributed by atoms with Crippen LogP contribution < -0.4 is 11.5 Å². The molecule has 0 aromatic carbocycles. The molecule has 0 bridgehead atoms. The van der Waals surface area contributed by atoms with Crippen molar-refractivity contribution >= 4 is 49.8 Å². The molecule has 2 unspecified atom stereocenters. The maximum absolute atomic E-state index is 10.6. The second-order valence-corrected chi connectivity index (χ2v) is 5.83. The third kappa shape index (κ3) is 7.60. The zero-order chi connectivity index (χ0) is 11.6. The van der Waals surface area contributed by atoms with Crippen molar-refractivity contribution in [3.05, 3.63) is 0 Å². The maximum atomic E-state index is 10.6. The fourth-order valence-corrected chi connectivity index (χ4v) is 2.49. The summed E-state index contributed by atoms with van der Waals surface area (Å²) in [6.45, 7) is -0.532. The predicted octanol–water partition coefficient (Wildman–Crippen LogP) is -3.23. The van der Waals surface area contributed by atoms with Crippen LogP contribution in [0.15, 0.2) is 0 Å². The molecule has 0 aromatic rings. The van der Waals surface area contributed by atoms with E-state index in [0.717, 1.165) is 0 Å². The van der Waals surface area contributed by atoms with Crippen molar-refractivity contribution in [1.29, 1.82) is 0 Å². The monoisotopic (exact) mass is 272 g/mol. The van der Waals surface area contributed by atoms with Crippen molar-refractivity contribution in [2.24, 2.45) is 11.5 Å². The molecular formula is C4H13N2NaO6S2. The molecule has 0 spiro atoms. The quantitative estimate of drug-likeness (QED) is 0.300. The van der Waals surface area contributed by atoms with E-state index in [9.17, 15) is 16.8 Å². The SMILES string of the molecule is NCC(C(N)CS(=O)(=O)O)S(=O)(=O)O.[NaH]. The van der Waals surface area contributed by atoms with E-state index in [-0.39, 0.29) is 29.6 Å². The summed E-state index contributed by atoms with van der Waals surface area (Å²) >= 11 is 0. The number of rotatable bonds is 5. The van der Waals surface area contributed by atoms with Crippen LogP contribution in [0.1, 0.15) is 0 Å². The molecule has 6 N–H and O–H groups in total. The van der Waals surface area contributed by atoms with Gasteiger partial charge in [-0.1, -0.05) is 0 Å². The van der Waals surface area contributed by atoms with Gasteiger partial charge in [-0.25, -0.2) is 0 Å². The first-order valence-electron chi connectivity index (χ1n) is 3.45. The third-order valence-electron chi connectivity index (χ3n) is 1.50. The minimum absolute atomic E-state index is 0. The van der Waals surface area contributed by atoms with Crippen molar-refractivity contribution in [3.63, 3.8) is 0 Å². The van der Waals surface area contributed by atoms with Gasteiger partial charge in [-0.2, -0.15) is 16.8 Å². The number of hydrogen-bond acceptors (Lipinski definition) is 6. The van der Waals surface area contributed by atoms with Crippen LogP contribution >= 0.6 is 0 Å². The molecule has 88 valence electrons. The van der Waals surface area contributed by atoms with E-state index >= 15 is 0 Å². The Labute approximate surface area is 110 Å². The standard InChI is InChI=1S/C4H12N2O6S2.Na.H/c5-1-4(14(10,11)12)3(6)2-13(7,8)9;;/h3-4H,1-2,5-6H2,(H,7,8,9)(H,10,11,12);;. The van der Waals surface area contributed by atoms with Crippen molar-refractivity contribution in [3.8, 4) is 0 Å². The topological polar surface area (TPSA) is 161 Å². The van der Waals surface area contributed by atoms with Crippen LogP contribution in [0, 0.1) is 0 Å². The molecule has 8 nitrogen and oxygen atoms in total. The summed E-state index contributed by atoms with van der Waals surface area (Å²) in [4.78, 5) is 0. The molecule has 0 fully saturated rings. The van der Waals surface area contributed by atoms with E-state index in [1.165, 1.54) is 0 Å². The molecule has 15 heavy (non-hydrogen) atoms. The number of nitrogens with two attached hydrogens (primary N) is 2. The molecule has 0 saturated carbocycles. The van der Waals surface area contributed by atoms with Gasteiger partial charge in [0, 0.05) is 12.6 Å². The summed E-state index contributed by atoms with van der Waals surface area (Å²) in [5.74, 6) is -0.978. The molecule has 11 heteroatoms. The molecule has 0 heterocycles. The van der Waals surface area contributed by atoms with E-state index in [1.807, 2.05) is 0 Å². The van der Waals surface area contributed by atoms with Gasteiger partial charge in [-0.15, -0.1) is 0 Å². The summed E-state index contributed by atoms with van der Waals surface area (Å²) in [6.07, 6.45) is 0.